The molecule has 1 aliphatic heterocycles. The van der Waals surface area contributed by atoms with Crippen molar-refractivity contribution in [3.8, 4) is 0 Å². The third kappa shape index (κ3) is 2.91. The average Bonchev–Trinajstić information content (AvgIpc) is 2.81. The second-order valence-electron chi connectivity index (χ2n) is 4.82. The number of hydrogen-bond donors (Lipinski definition) is 0. The number of allylic oxidation sites excluding steroid dienone is 1. The van der Waals surface area contributed by atoms with Gasteiger partial charge in [0, 0.05) is 0 Å². The van der Waals surface area contributed by atoms with Gasteiger partial charge in [-0.3, -0.25) is 0 Å². The zero-order valence-corrected chi connectivity index (χ0v) is 11.2. The van der Waals surface area contributed by atoms with Crippen LogP contribution in [0, 0.1) is 0 Å². The summed E-state index contributed by atoms with van der Waals surface area (Å²) in [6.45, 7) is 6.85. The first-order chi connectivity index (χ1) is 8.86. The van der Waals surface area contributed by atoms with E-state index in [1.807, 2.05) is 6.08 Å². The highest BCUT2D eigenvalue weighted by atomic mass is 16.5. The van der Waals surface area contributed by atoms with Crippen molar-refractivity contribution in [2.24, 2.45) is 0 Å². The van der Waals surface area contributed by atoms with Crippen LogP contribution >= 0.6 is 0 Å². The Kier molecular flexibility index (Phi) is 4.77. The van der Waals surface area contributed by atoms with Gasteiger partial charge in [-0.1, -0.05) is 56.2 Å². The molecule has 0 bridgehead atoms. The van der Waals surface area contributed by atoms with E-state index in [2.05, 4.69) is 43.8 Å². The zero-order chi connectivity index (χ0) is 12.8. The second kappa shape index (κ2) is 6.55. The van der Waals surface area contributed by atoms with Crippen LogP contribution in [0.25, 0.3) is 5.57 Å². The van der Waals surface area contributed by atoms with E-state index < -0.39 is 0 Å². The highest BCUT2D eigenvalue weighted by Crippen LogP contribution is 2.34. The van der Waals surface area contributed by atoms with E-state index in [1.54, 1.807) is 0 Å². The Labute approximate surface area is 110 Å². The van der Waals surface area contributed by atoms with Gasteiger partial charge in [0.05, 0.1) is 12.7 Å². The molecule has 0 amide bonds. The van der Waals surface area contributed by atoms with Crippen LogP contribution < -0.4 is 0 Å². The first kappa shape index (κ1) is 13.1. The fourth-order valence-corrected chi connectivity index (χ4v) is 2.56. The lowest BCUT2D eigenvalue weighted by molar-refractivity contribution is 0.121. The lowest BCUT2D eigenvalue weighted by Crippen LogP contribution is -2.09. The number of rotatable bonds is 6. The second-order valence-corrected chi connectivity index (χ2v) is 4.82. The van der Waals surface area contributed by atoms with E-state index in [-0.39, 0.29) is 6.10 Å². The SMILES string of the molecule is C=CCC1=C(c2ccccc2)C(CCCC)OC1. The average molecular weight is 242 g/mol. The molecule has 18 heavy (non-hydrogen) atoms. The lowest BCUT2D eigenvalue weighted by atomic mass is 9.93. The quantitative estimate of drug-likeness (QED) is 0.662. The van der Waals surface area contributed by atoms with E-state index >= 15 is 0 Å². The number of unbranched alkanes of at least 4 members (excludes halogenated alkanes) is 1. The Morgan fingerprint density at radius 1 is 1.33 bits per heavy atom. The zero-order valence-electron chi connectivity index (χ0n) is 11.2. The number of benzene rings is 1. The number of ether oxygens (including phenoxy) is 1. The van der Waals surface area contributed by atoms with Crippen molar-refractivity contribution in [2.45, 2.75) is 38.7 Å². The summed E-state index contributed by atoms with van der Waals surface area (Å²) in [5.41, 5.74) is 4.12. The van der Waals surface area contributed by atoms with Crippen molar-refractivity contribution < 1.29 is 4.74 Å². The van der Waals surface area contributed by atoms with Gasteiger partial charge in [0.1, 0.15) is 0 Å². The van der Waals surface area contributed by atoms with Crippen LogP contribution in [0.5, 0.6) is 0 Å². The summed E-state index contributed by atoms with van der Waals surface area (Å²) in [6.07, 6.45) is 6.77. The molecule has 1 heterocycles. The molecule has 1 unspecified atom stereocenters. The minimum atomic E-state index is 0.280. The number of hydrogen-bond acceptors (Lipinski definition) is 1. The Bertz CT molecular complexity index is 416. The highest BCUT2D eigenvalue weighted by Gasteiger charge is 2.25. The van der Waals surface area contributed by atoms with Crippen LogP contribution in [0.4, 0.5) is 0 Å². The summed E-state index contributed by atoms with van der Waals surface area (Å²) in [7, 11) is 0. The first-order valence-corrected chi connectivity index (χ1v) is 6.86. The summed E-state index contributed by atoms with van der Waals surface area (Å²) in [4.78, 5) is 0. The smallest absolute Gasteiger partial charge is 0.0835 e. The van der Waals surface area contributed by atoms with E-state index in [0.29, 0.717) is 0 Å². The van der Waals surface area contributed by atoms with E-state index in [0.717, 1.165) is 19.4 Å². The molecular formula is C17H22O. The Morgan fingerprint density at radius 3 is 2.78 bits per heavy atom. The van der Waals surface area contributed by atoms with Crippen molar-refractivity contribution in [2.75, 3.05) is 6.61 Å². The molecule has 1 heteroatoms. The summed E-state index contributed by atoms with van der Waals surface area (Å²) in [5.74, 6) is 0. The van der Waals surface area contributed by atoms with Crippen LogP contribution in [0.3, 0.4) is 0 Å². The molecule has 0 N–H and O–H groups in total. The first-order valence-electron chi connectivity index (χ1n) is 6.86. The fraction of sp³-hybridized carbons (Fsp3) is 0.412. The van der Waals surface area contributed by atoms with E-state index in [1.165, 1.54) is 29.6 Å². The molecule has 0 saturated heterocycles. The van der Waals surface area contributed by atoms with Gasteiger partial charge in [0.2, 0.25) is 0 Å². The Hall–Kier alpha value is -1.34. The normalized spacial score (nSPS) is 19.3. The third-order valence-corrected chi connectivity index (χ3v) is 3.46. The Balaban J connectivity index is 2.27. The molecule has 0 fully saturated rings. The summed E-state index contributed by atoms with van der Waals surface area (Å²) < 4.78 is 5.97. The molecule has 1 nitrogen and oxygen atoms in total. The van der Waals surface area contributed by atoms with Crippen LogP contribution in [0.15, 0.2) is 48.6 Å². The molecule has 0 radical (unpaired) electrons. The van der Waals surface area contributed by atoms with Crippen molar-refractivity contribution >= 4 is 5.57 Å². The van der Waals surface area contributed by atoms with Crippen molar-refractivity contribution in [1.82, 2.24) is 0 Å². The topological polar surface area (TPSA) is 9.23 Å². The van der Waals surface area contributed by atoms with Gasteiger partial charge in [-0.25, -0.2) is 0 Å². The predicted octanol–water partition coefficient (Wildman–Crippen LogP) is 4.61. The molecule has 1 atom stereocenters. The van der Waals surface area contributed by atoms with E-state index in [4.69, 9.17) is 4.74 Å². The van der Waals surface area contributed by atoms with Gasteiger partial charge in [-0.2, -0.15) is 0 Å². The van der Waals surface area contributed by atoms with Crippen molar-refractivity contribution in [3.63, 3.8) is 0 Å². The fourth-order valence-electron chi connectivity index (χ4n) is 2.56. The molecule has 1 aromatic carbocycles. The molecule has 1 aliphatic rings. The Morgan fingerprint density at radius 2 is 2.11 bits per heavy atom. The molecule has 0 saturated carbocycles. The minimum absolute atomic E-state index is 0.280. The van der Waals surface area contributed by atoms with Crippen LogP contribution in [-0.2, 0) is 4.74 Å². The van der Waals surface area contributed by atoms with Gasteiger partial charge < -0.3 is 4.74 Å². The molecule has 0 aromatic heterocycles. The maximum absolute atomic E-state index is 5.97. The largest absolute Gasteiger partial charge is 0.369 e. The van der Waals surface area contributed by atoms with Crippen LogP contribution in [0.2, 0.25) is 0 Å². The third-order valence-electron chi connectivity index (χ3n) is 3.46. The summed E-state index contributed by atoms with van der Waals surface area (Å²) >= 11 is 0. The van der Waals surface area contributed by atoms with Crippen LogP contribution in [0.1, 0.15) is 38.2 Å². The minimum Gasteiger partial charge on any atom is -0.369 e. The lowest BCUT2D eigenvalue weighted by Gasteiger charge is -2.15. The van der Waals surface area contributed by atoms with Crippen molar-refractivity contribution in [1.29, 1.82) is 0 Å². The molecule has 96 valence electrons. The van der Waals surface area contributed by atoms with Gasteiger partial charge in [-0.15, -0.1) is 6.58 Å². The maximum Gasteiger partial charge on any atom is 0.0835 e. The van der Waals surface area contributed by atoms with E-state index in [9.17, 15) is 0 Å². The summed E-state index contributed by atoms with van der Waals surface area (Å²) in [5, 5.41) is 0. The van der Waals surface area contributed by atoms with Crippen LogP contribution in [-0.4, -0.2) is 12.7 Å². The van der Waals surface area contributed by atoms with Gasteiger partial charge in [0.25, 0.3) is 0 Å². The van der Waals surface area contributed by atoms with Crippen molar-refractivity contribution in [3.05, 3.63) is 54.1 Å². The molecule has 1 aromatic rings. The maximum atomic E-state index is 5.97. The van der Waals surface area contributed by atoms with Gasteiger partial charge >= 0.3 is 0 Å². The molecule has 0 spiro atoms. The monoisotopic (exact) mass is 242 g/mol. The molecule has 0 aliphatic carbocycles. The molecule has 2 rings (SSSR count). The summed E-state index contributed by atoms with van der Waals surface area (Å²) in [6, 6.07) is 10.6. The predicted molar refractivity (Wildman–Crippen MR) is 77.4 cm³/mol. The van der Waals surface area contributed by atoms with Gasteiger partial charge in [-0.05, 0) is 29.6 Å². The standard InChI is InChI=1S/C17H22O/c1-3-5-12-16-17(14-10-7-6-8-11-14)15(9-4-2)13-18-16/h4,6-8,10-11,16H,2-3,5,9,12-13H2,1H3. The van der Waals surface area contributed by atoms with Gasteiger partial charge in [0.15, 0.2) is 0 Å². The molecular weight excluding hydrogens is 220 g/mol. The highest BCUT2D eigenvalue weighted by molar-refractivity contribution is 5.73.